The fraction of sp³-hybridized carbons (Fsp3) is 0. The number of nitrogens with zero attached hydrogens (tertiary/aromatic N) is 2. The van der Waals surface area contributed by atoms with Crippen molar-refractivity contribution in [3.63, 3.8) is 0 Å². The molecule has 0 aliphatic carbocycles. The van der Waals surface area contributed by atoms with Crippen LogP contribution in [0.15, 0.2) is 247 Å². The van der Waals surface area contributed by atoms with Crippen LogP contribution in [0.3, 0.4) is 0 Å². The maximum absolute atomic E-state index is 6.25. The number of thiophene rings is 1. The highest BCUT2D eigenvalue weighted by atomic mass is 32.1. The Kier molecular flexibility index (Phi) is 8.33. The van der Waals surface area contributed by atoms with Crippen molar-refractivity contribution in [3.05, 3.63) is 243 Å². The van der Waals surface area contributed by atoms with Gasteiger partial charge in [0.05, 0.1) is 21.4 Å². The van der Waals surface area contributed by atoms with E-state index < -0.39 is 0 Å². The van der Waals surface area contributed by atoms with E-state index >= 15 is 0 Å². The average molecular weight is 933 g/mol. The smallest absolute Gasteiger partial charge is 0.135 e. The highest BCUT2D eigenvalue weighted by molar-refractivity contribution is 7.27. The van der Waals surface area contributed by atoms with E-state index in [0.717, 1.165) is 44.6 Å². The first-order valence-electron chi connectivity index (χ1n) is 24.7. The van der Waals surface area contributed by atoms with Gasteiger partial charge in [0.1, 0.15) is 11.2 Å². The molecule has 0 fully saturated rings. The summed E-state index contributed by atoms with van der Waals surface area (Å²) in [5.41, 5.74) is 11.0. The number of rotatable bonds is 5. The molecule has 0 radical (unpaired) electrons. The molecule has 16 aromatic rings. The van der Waals surface area contributed by atoms with E-state index in [2.05, 4.69) is 240 Å². The van der Waals surface area contributed by atoms with Gasteiger partial charge in [-0.1, -0.05) is 164 Å². The molecule has 3 heterocycles. The van der Waals surface area contributed by atoms with Gasteiger partial charge in [0.25, 0.3) is 0 Å². The normalized spacial score (nSPS) is 12.2. The SMILES string of the molecule is c1ccc(N(c2ccc(-c3ccc4c(c3)c3c5ccccc5c5c6cc7c8ccccc8c8ccccc8c7cc6sc5c3n4-c3cccc4ccccc34)cc2)c2ccc3oc4ccccc4c3c2)cc1. The highest BCUT2D eigenvalue weighted by Gasteiger charge is 2.24. The molecule has 3 nitrogen and oxygen atoms in total. The molecule has 13 aromatic carbocycles. The predicted octanol–water partition coefficient (Wildman–Crippen LogP) is 20.0. The second kappa shape index (κ2) is 15.1. The molecule has 0 amide bonds. The quantitative estimate of drug-likeness (QED) is 0.160. The van der Waals surface area contributed by atoms with E-state index in [1.165, 1.54) is 107 Å². The Morgan fingerprint density at radius 1 is 0.333 bits per heavy atom. The van der Waals surface area contributed by atoms with Gasteiger partial charge in [-0.15, -0.1) is 11.3 Å². The van der Waals surface area contributed by atoms with Gasteiger partial charge in [0.2, 0.25) is 0 Å². The molecule has 0 atom stereocenters. The largest absolute Gasteiger partial charge is 0.456 e. The van der Waals surface area contributed by atoms with E-state index in [-0.39, 0.29) is 0 Å². The average Bonchev–Trinajstić information content (AvgIpc) is 4.13. The van der Waals surface area contributed by atoms with Gasteiger partial charge < -0.3 is 13.9 Å². The first kappa shape index (κ1) is 39.6. The molecule has 334 valence electrons. The lowest BCUT2D eigenvalue weighted by atomic mass is 9.92. The molecular weight excluding hydrogens is 893 g/mol. The van der Waals surface area contributed by atoms with E-state index in [1.54, 1.807) is 0 Å². The van der Waals surface area contributed by atoms with Crippen molar-refractivity contribution in [1.29, 1.82) is 0 Å². The zero-order valence-electron chi connectivity index (χ0n) is 38.8. The summed E-state index contributed by atoms with van der Waals surface area (Å²) in [6.45, 7) is 0. The number of para-hydroxylation sites is 2. The van der Waals surface area contributed by atoms with Crippen LogP contribution in [-0.2, 0) is 0 Å². The standard InChI is InChI=1S/C68H40N2OS/c1-2-17-44(18-3-1)69(46-34-36-63-57(38-46)52-24-12-13-28-62(52)71-63)45-32-29-41(30-33-45)43-31-35-61-58(37-43)65-53-25-10-11-26-54(53)66-59-39-55-50-22-8-6-20-48(50)49-21-7-9-23-51(49)56(55)40-64(59)72-68(66)67(65)70(61)60-27-14-16-42-15-4-5-19-47(42)60/h1-40H. The summed E-state index contributed by atoms with van der Waals surface area (Å²) >= 11 is 1.94. The van der Waals surface area contributed by atoms with Crippen molar-refractivity contribution in [2.45, 2.75) is 0 Å². The van der Waals surface area contributed by atoms with E-state index in [0.29, 0.717) is 0 Å². The number of benzene rings is 13. The molecule has 0 N–H and O–H groups in total. The van der Waals surface area contributed by atoms with Crippen LogP contribution >= 0.6 is 11.3 Å². The van der Waals surface area contributed by atoms with E-state index in [1.807, 2.05) is 23.5 Å². The van der Waals surface area contributed by atoms with Crippen molar-refractivity contribution in [1.82, 2.24) is 4.57 Å². The summed E-state index contributed by atoms with van der Waals surface area (Å²) in [7, 11) is 0. The van der Waals surface area contributed by atoms with Gasteiger partial charge in [-0.05, 0) is 138 Å². The Hall–Kier alpha value is -9.22. The Morgan fingerprint density at radius 3 is 1.67 bits per heavy atom. The second-order valence-electron chi connectivity index (χ2n) is 19.1. The van der Waals surface area contributed by atoms with E-state index in [9.17, 15) is 0 Å². The Bertz CT molecular complexity index is 4920. The van der Waals surface area contributed by atoms with Crippen LogP contribution < -0.4 is 4.90 Å². The van der Waals surface area contributed by atoms with E-state index in [4.69, 9.17) is 4.42 Å². The molecule has 0 saturated carbocycles. The third kappa shape index (κ3) is 5.67. The van der Waals surface area contributed by atoms with Gasteiger partial charge in [-0.2, -0.15) is 0 Å². The lowest BCUT2D eigenvalue weighted by Crippen LogP contribution is -2.09. The van der Waals surface area contributed by atoms with Gasteiger partial charge in [-0.25, -0.2) is 0 Å². The number of fused-ring (bicyclic) bond motifs is 20. The summed E-state index contributed by atoms with van der Waals surface area (Å²) in [4.78, 5) is 2.34. The zero-order valence-corrected chi connectivity index (χ0v) is 39.6. The molecule has 72 heavy (non-hydrogen) atoms. The minimum absolute atomic E-state index is 0.886. The van der Waals surface area contributed by atoms with Crippen molar-refractivity contribution in [2.24, 2.45) is 0 Å². The lowest BCUT2D eigenvalue weighted by molar-refractivity contribution is 0.669. The summed E-state index contributed by atoms with van der Waals surface area (Å²) < 4.78 is 11.4. The Labute approximate surface area is 417 Å². The monoisotopic (exact) mass is 932 g/mol. The van der Waals surface area contributed by atoms with Crippen LogP contribution in [0.1, 0.15) is 0 Å². The fourth-order valence-electron chi connectivity index (χ4n) is 12.1. The number of hydrogen-bond acceptors (Lipinski definition) is 3. The molecule has 3 aromatic heterocycles. The number of aromatic nitrogens is 1. The first-order chi connectivity index (χ1) is 35.7. The van der Waals surface area contributed by atoms with Crippen LogP contribution in [0.25, 0.3) is 135 Å². The topological polar surface area (TPSA) is 21.3 Å². The third-order valence-corrected chi connectivity index (χ3v) is 16.5. The molecule has 0 spiro atoms. The summed E-state index contributed by atoms with van der Waals surface area (Å²) in [5.74, 6) is 0. The van der Waals surface area contributed by atoms with Crippen molar-refractivity contribution >= 4 is 146 Å². The Morgan fingerprint density at radius 2 is 0.903 bits per heavy atom. The first-order valence-corrected chi connectivity index (χ1v) is 25.5. The highest BCUT2D eigenvalue weighted by Crippen LogP contribution is 2.51. The van der Waals surface area contributed by atoms with Crippen LogP contribution in [0.2, 0.25) is 0 Å². The van der Waals surface area contributed by atoms with Crippen LogP contribution in [0, 0.1) is 0 Å². The molecule has 0 saturated heterocycles. The van der Waals surface area contributed by atoms with Crippen LogP contribution in [0.4, 0.5) is 17.1 Å². The fourth-order valence-corrected chi connectivity index (χ4v) is 13.4. The van der Waals surface area contributed by atoms with Gasteiger partial charge in [-0.3, -0.25) is 0 Å². The minimum atomic E-state index is 0.886. The van der Waals surface area contributed by atoms with Crippen LogP contribution in [0.5, 0.6) is 0 Å². The predicted molar refractivity (Wildman–Crippen MR) is 309 cm³/mol. The van der Waals surface area contributed by atoms with Crippen molar-refractivity contribution in [2.75, 3.05) is 4.90 Å². The number of anilines is 3. The lowest BCUT2D eigenvalue weighted by Gasteiger charge is -2.25. The molecule has 4 heteroatoms. The maximum Gasteiger partial charge on any atom is 0.135 e. The summed E-state index contributed by atoms with van der Waals surface area (Å²) in [6, 6.07) is 89.2. The van der Waals surface area contributed by atoms with Gasteiger partial charge >= 0.3 is 0 Å². The molecule has 0 unspecified atom stereocenters. The summed E-state index contributed by atoms with van der Waals surface area (Å²) in [5, 5.41) is 20.1. The minimum Gasteiger partial charge on any atom is -0.456 e. The molecule has 0 aliphatic rings. The van der Waals surface area contributed by atoms with Crippen molar-refractivity contribution < 1.29 is 4.42 Å². The molecular formula is C68H40N2OS. The molecule has 0 aliphatic heterocycles. The molecule has 0 bridgehead atoms. The van der Waals surface area contributed by atoms with Crippen molar-refractivity contribution in [3.8, 4) is 16.8 Å². The zero-order chi connectivity index (χ0) is 47.0. The van der Waals surface area contributed by atoms with Gasteiger partial charge in [0.15, 0.2) is 0 Å². The Balaban J connectivity index is 0.942. The molecule has 16 rings (SSSR count). The summed E-state index contributed by atoms with van der Waals surface area (Å²) in [6.07, 6.45) is 0. The third-order valence-electron chi connectivity index (χ3n) is 15.3. The number of hydrogen-bond donors (Lipinski definition) is 0. The second-order valence-corrected chi connectivity index (χ2v) is 20.2. The maximum atomic E-state index is 6.25. The van der Waals surface area contributed by atoms with Crippen LogP contribution in [-0.4, -0.2) is 4.57 Å². The number of furan rings is 1. The van der Waals surface area contributed by atoms with Gasteiger partial charge in [0, 0.05) is 59.5 Å².